The molecule has 0 saturated heterocycles. The highest BCUT2D eigenvalue weighted by atomic mass is 127. The zero-order chi connectivity index (χ0) is 17.3. The van der Waals surface area contributed by atoms with E-state index in [0.717, 1.165) is 25.9 Å². The molecule has 1 unspecified atom stereocenters. The molecule has 0 fully saturated rings. The molecule has 1 atom stereocenters. The summed E-state index contributed by atoms with van der Waals surface area (Å²) in [6.45, 7) is 13.4. The van der Waals surface area contributed by atoms with E-state index < -0.39 is 0 Å². The molecule has 0 saturated carbocycles. The molecular formula is C19H35IN4. The highest BCUT2D eigenvalue weighted by Gasteiger charge is 2.28. The number of benzene rings is 1. The summed E-state index contributed by atoms with van der Waals surface area (Å²) >= 11 is 0. The van der Waals surface area contributed by atoms with Gasteiger partial charge in [0, 0.05) is 24.7 Å². The normalized spacial score (nSPS) is 13.3. The Hall–Kier alpha value is -0.820. The second-order valence-electron chi connectivity index (χ2n) is 6.11. The van der Waals surface area contributed by atoms with Gasteiger partial charge < -0.3 is 16.0 Å². The number of halogens is 1. The first-order valence-electron chi connectivity index (χ1n) is 8.89. The molecule has 138 valence electrons. The van der Waals surface area contributed by atoms with Gasteiger partial charge >= 0.3 is 0 Å². The highest BCUT2D eigenvalue weighted by Crippen LogP contribution is 2.22. The van der Waals surface area contributed by atoms with Gasteiger partial charge in [-0.3, -0.25) is 4.99 Å². The predicted molar refractivity (Wildman–Crippen MR) is 116 cm³/mol. The summed E-state index contributed by atoms with van der Waals surface area (Å²) in [5.41, 5.74) is 7.43. The van der Waals surface area contributed by atoms with Gasteiger partial charge in [-0.25, -0.2) is 0 Å². The first-order valence-corrected chi connectivity index (χ1v) is 8.89. The van der Waals surface area contributed by atoms with Gasteiger partial charge in [-0.15, -0.1) is 24.0 Å². The molecule has 0 amide bonds. The molecule has 0 aliphatic heterocycles. The Kier molecular flexibility index (Phi) is 11.3. The second kappa shape index (κ2) is 11.7. The summed E-state index contributed by atoms with van der Waals surface area (Å²) < 4.78 is 0. The van der Waals surface area contributed by atoms with Crippen LogP contribution in [0.2, 0.25) is 0 Å². The fourth-order valence-electron chi connectivity index (χ4n) is 2.89. The third kappa shape index (κ3) is 6.59. The van der Waals surface area contributed by atoms with E-state index in [1.165, 1.54) is 5.56 Å². The lowest BCUT2D eigenvalue weighted by molar-refractivity contribution is 0.279. The van der Waals surface area contributed by atoms with E-state index in [-0.39, 0.29) is 29.5 Å². The van der Waals surface area contributed by atoms with E-state index in [2.05, 4.69) is 80.2 Å². The van der Waals surface area contributed by atoms with E-state index in [9.17, 15) is 0 Å². The smallest absolute Gasteiger partial charge is 0.191 e. The number of nitrogens with zero attached hydrogens (tertiary/aromatic N) is 2. The number of nitrogens with two attached hydrogens (primary N) is 1. The molecular weight excluding hydrogens is 411 g/mol. The quantitative estimate of drug-likeness (QED) is 0.340. The molecule has 1 aromatic rings. The Labute approximate surface area is 165 Å². The van der Waals surface area contributed by atoms with Gasteiger partial charge in [0.25, 0.3) is 0 Å². The Morgan fingerprint density at radius 2 is 1.67 bits per heavy atom. The molecule has 0 spiro atoms. The Morgan fingerprint density at radius 1 is 1.12 bits per heavy atom. The zero-order valence-corrected chi connectivity index (χ0v) is 18.2. The standard InChI is InChI=1S/C19H34N4.HI/c1-6-19(7-2,15-21-18(20)23(8-3)9-4)22-16(5)17-13-11-10-12-14-17;/h10-14,16,22H,6-9,15H2,1-5H3,(H2,20,21);1H. The van der Waals surface area contributed by atoms with Gasteiger partial charge in [-0.05, 0) is 39.2 Å². The van der Waals surface area contributed by atoms with Crippen LogP contribution in [0.4, 0.5) is 0 Å². The van der Waals surface area contributed by atoms with Crippen molar-refractivity contribution in [3.8, 4) is 0 Å². The molecule has 0 radical (unpaired) electrons. The largest absolute Gasteiger partial charge is 0.370 e. The Bertz CT molecular complexity index is 468. The molecule has 24 heavy (non-hydrogen) atoms. The lowest BCUT2D eigenvalue weighted by Crippen LogP contribution is -2.49. The first kappa shape index (κ1) is 23.2. The minimum absolute atomic E-state index is 0. The third-order valence-corrected chi connectivity index (χ3v) is 4.81. The number of hydrogen-bond donors (Lipinski definition) is 2. The summed E-state index contributed by atoms with van der Waals surface area (Å²) in [6.07, 6.45) is 2.05. The fourth-order valence-corrected chi connectivity index (χ4v) is 2.89. The van der Waals surface area contributed by atoms with Crippen molar-refractivity contribution in [3.63, 3.8) is 0 Å². The van der Waals surface area contributed by atoms with E-state index in [0.29, 0.717) is 18.5 Å². The van der Waals surface area contributed by atoms with Gasteiger partial charge in [0.2, 0.25) is 0 Å². The number of hydrogen-bond acceptors (Lipinski definition) is 2. The van der Waals surface area contributed by atoms with Crippen molar-refractivity contribution in [2.24, 2.45) is 10.7 Å². The van der Waals surface area contributed by atoms with Crippen LogP contribution >= 0.6 is 24.0 Å². The predicted octanol–water partition coefficient (Wildman–Crippen LogP) is 4.17. The molecule has 4 nitrogen and oxygen atoms in total. The average Bonchev–Trinajstić information content (AvgIpc) is 2.60. The molecule has 0 aromatic heterocycles. The van der Waals surface area contributed by atoms with Crippen LogP contribution in [0.25, 0.3) is 0 Å². The van der Waals surface area contributed by atoms with E-state index in [1.807, 2.05) is 0 Å². The fraction of sp³-hybridized carbons (Fsp3) is 0.632. The average molecular weight is 446 g/mol. The lowest BCUT2D eigenvalue weighted by Gasteiger charge is -2.35. The van der Waals surface area contributed by atoms with Crippen LogP contribution in [-0.2, 0) is 0 Å². The molecule has 0 bridgehead atoms. The van der Waals surface area contributed by atoms with Gasteiger partial charge in [0.15, 0.2) is 5.96 Å². The minimum atomic E-state index is -0.0208. The number of aliphatic imine (C=N–C) groups is 1. The van der Waals surface area contributed by atoms with Gasteiger partial charge in [-0.1, -0.05) is 44.2 Å². The third-order valence-electron chi connectivity index (χ3n) is 4.81. The number of nitrogens with one attached hydrogen (secondary N) is 1. The summed E-state index contributed by atoms with van der Waals surface area (Å²) in [6, 6.07) is 10.9. The maximum Gasteiger partial charge on any atom is 0.191 e. The van der Waals surface area contributed by atoms with Gasteiger partial charge in [0.05, 0.1) is 6.54 Å². The summed E-state index contributed by atoms with van der Waals surface area (Å²) in [7, 11) is 0. The SMILES string of the molecule is CCN(CC)C(N)=NCC(CC)(CC)NC(C)c1ccccc1.I. The van der Waals surface area contributed by atoms with Crippen LogP contribution in [0.3, 0.4) is 0 Å². The number of guanidine groups is 1. The van der Waals surface area contributed by atoms with Crippen LogP contribution in [0, 0.1) is 0 Å². The highest BCUT2D eigenvalue weighted by molar-refractivity contribution is 14.0. The van der Waals surface area contributed by atoms with Crippen molar-refractivity contribution < 1.29 is 0 Å². The van der Waals surface area contributed by atoms with Crippen molar-refractivity contribution in [2.75, 3.05) is 19.6 Å². The van der Waals surface area contributed by atoms with Crippen molar-refractivity contribution >= 4 is 29.9 Å². The molecule has 0 aliphatic rings. The number of rotatable bonds is 9. The second-order valence-corrected chi connectivity index (χ2v) is 6.11. The van der Waals surface area contributed by atoms with Crippen molar-refractivity contribution in [1.29, 1.82) is 0 Å². The summed E-state index contributed by atoms with van der Waals surface area (Å²) in [4.78, 5) is 6.78. The maximum atomic E-state index is 6.15. The van der Waals surface area contributed by atoms with Crippen molar-refractivity contribution in [2.45, 2.75) is 59.0 Å². The van der Waals surface area contributed by atoms with E-state index >= 15 is 0 Å². The van der Waals surface area contributed by atoms with Crippen LogP contribution in [0.15, 0.2) is 35.3 Å². The molecule has 0 aliphatic carbocycles. The summed E-state index contributed by atoms with van der Waals surface area (Å²) in [5, 5.41) is 3.80. The molecule has 3 N–H and O–H groups in total. The van der Waals surface area contributed by atoms with Crippen molar-refractivity contribution in [1.82, 2.24) is 10.2 Å². The van der Waals surface area contributed by atoms with Crippen LogP contribution in [0.5, 0.6) is 0 Å². The molecule has 0 heterocycles. The topological polar surface area (TPSA) is 53.6 Å². The van der Waals surface area contributed by atoms with Crippen LogP contribution in [-0.4, -0.2) is 36.0 Å². The molecule has 5 heteroatoms. The van der Waals surface area contributed by atoms with Gasteiger partial charge in [0.1, 0.15) is 0 Å². The van der Waals surface area contributed by atoms with Crippen LogP contribution in [0.1, 0.15) is 59.1 Å². The van der Waals surface area contributed by atoms with E-state index in [4.69, 9.17) is 5.73 Å². The summed E-state index contributed by atoms with van der Waals surface area (Å²) in [5.74, 6) is 0.649. The molecule has 1 rings (SSSR count). The minimum Gasteiger partial charge on any atom is -0.370 e. The zero-order valence-electron chi connectivity index (χ0n) is 15.9. The van der Waals surface area contributed by atoms with E-state index in [1.54, 1.807) is 0 Å². The monoisotopic (exact) mass is 446 g/mol. The van der Waals surface area contributed by atoms with Gasteiger partial charge in [-0.2, -0.15) is 0 Å². The van der Waals surface area contributed by atoms with Crippen LogP contribution < -0.4 is 11.1 Å². The lowest BCUT2D eigenvalue weighted by atomic mass is 9.91. The molecule has 1 aromatic carbocycles. The van der Waals surface area contributed by atoms with Crippen molar-refractivity contribution in [3.05, 3.63) is 35.9 Å². The maximum absolute atomic E-state index is 6.15. The Morgan fingerprint density at radius 3 is 2.12 bits per heavy atom. The Balaban J connectivity index is 0.00000529. The first-order chi connectivity index (χ1) is 11.0.